The van der Waals surface area contributed by atoms with Crippen LogP contribution >= 0.6 is 11.3 Å². The second-order valence-electron chi connectivity index (χ2n) is 3.26. The molecular formula is C11H13N3S. The molecule has 0 aliphatic carbocycles. The fraction of sp³-hybridized carbons (Fsp3) is 0.273. The second kappa shape index (κ2) is 4.51. The van der Waals surface area contributed by atoms with E-state index in [1.807, 2.05) is 13.1 Å². The maximum atomic E-state index is 4.28. The van der Waals surface area contributed by atoms with Gasteiger partial charge in [-0.2, -0.15) is 0 Å². The molecule has 0 aliphatic heterocycles. The Balaban J connectivity index is 2.37. The molecule has 1 atom stereocenters. The predicted octanol–water partition coefficient (Wildman–Crippen LogP) is 2.16. The first kappa shape index (κ1) is 10.3. The van der Waals surface area contributed by atoms with E-state index in [9.17, 15) is 0 Å². The minimum absolute atomic E-state index is 0.0949. The fourth-order valence-corrected chi connectivity index (χ4v) is 2.32. The van der Waals surface area contributed by atoms with Crippen LogP contribution in [0.3, 0.4) is 0 Å². The van der Waals surface area contributed by atoms with Crippen LogP contribution in [0.25, 0.3) is 0 Å². The van der Waals surface area contributed by atoms with E-state index in [4.69, 9.17) is 0 Å². The summed E-state index contributed by atoms with van der Waals surface area (Å²) in [4.78, 5) is 9.86. The number of hydrogen-bond acceptors (Lipinski definition) is 4. The molecule has 4 heteroatoms. The number of thiophene rings is 1. The van der Waals surface area contributed by atoms with Gasteiger partial charge in [0.25, 0.3) is 0 Å². The van der Waals surface area contributed by atoms with Crippen molar-refractivity contribution in [1.82, 2.24) is 15.3 Å². The van der Waals surface area contributed by atoms with E-state index in [1.165, 1.54) is 10.4 Å². The Hall–Kier alpha value is -1.26. The zero-order chi connectivity index (χ0) is 10.7. The molecule has 0 spiro atoms. The Labute approximate surface area is 93.2 Å². The van der Waals surface area contributed by atoms with Gasteiger partial charge in [-0.15, -0.1) is 11.3 Å². The van der Waals surface area contributed by atoms with Gasteiger partial charge in [0.05, 0.1) is 6.04 Å². The average Bonchev–Trinajstić information content (AvgIpc) is 2.68. The summed E-state index contributed by atoms with van der Waals surface area (Å²) < 4.78 is 0. The SMILES string of the molecule is CNC(c1ncccn1)c1ccsc1C. The Morgan fingerprint density at radius 3 is 2.60 bits per heavy atom. The normalized spacial score (nSPS) is 12.7. The van der Waals surface area contributed by atoms with Crippen LogP contribution in [0.2, 0.25) is 0 Å². The van der Waals surface area contributed by atoms with Crippen molar-refractivity contribution in [3.05, 3.63) is 46.2 Å². The smallest absolute Gasteiger partial charge is 0.149 e. The predicted molar refractivity (Wildman–Crippen MR) is 62.0 cm³/mol. The summed E-state index contributed by atoms with van der Waals surface area (Å²) in [6, 6.07) is 4.05. The van der Waals surface area contributed by atoms with E-state index in [0.717, 1.165) is 5.82 Å². The van der Waals surface area contributed by atoms with Gasteiger partial charge in [0, 0.05) is 17.3 Å². The van der Waals surface area contributed by atoms with E-state index in [1.54, 1.807) is 23.7 Å². The fourth-order valence-electron chi connectivity index (χ4n) is 1.58. The number of aryl methyl sites for hydroxylation is 1. The Morgan fingerprint density at radius 1 is 1.33 bits per heavy atom. The number of rotatable bonds is 3. The third kappa shape index (κ3) is 2.06. The maximum Gasteiger partial charge on any atom is 0.149 e. The molecule has 2 aromatic rings. The summed E-state index contributed by atoms with van der Waals surface area (Å²) in [5, 5.41) is 5.34. The molecule has 0 radical (unpaired) electrons. The Kier molecular flexibility index (Phi) is 3.08. The molecule has 3 nitrogen and oxygen atoms in total. The third-order valence-electron chi connectivity index (χ3n) is 2.34. The Morgan fingerprint density at radius 2 is 2.07 bits per heavy atom. The highest BCUT2D eigenvalue weighted by atomic mass is 32.1. The van der Waals surface area contributed by atoms with Crippen molar-refractivity contribution in [1.29, 1.82) is 0 Å². The molecule has 0 aliphatic rings. The van der Waals surface area contributed by atoms with Gasteiger partial charge in [-0.05, 0) is 37.0 Å². The summed E-state index contributed by atoms with van der Waals surface area (Å²) in [5.74, 6) is 0.821. The highest BCUT2D eigenvalue weighted by Crippen LogP contribution is 2.25. The first-order valence-corrected chi connectivity index (χ1v) is 5.69. The molecule has 0 fully saturated rings. The van der Waals surface area contributed by atoms with Crippen LogP contribution < -0.4 is 5.32 Å². The van der Waals surface area contributed by atoms with E-state index >= 15 is 0 Å². The zero-order valence-corrected chi connectivity index (χ0v) is 9.58. The summed E-state index contributed by atoms with van der Waals surface area (Å²) in [7, 11) is 1.93. The van der Waals surface area contributed by atoms with Gasteiger partial charge in [-0.25, -0.2) is 9.97 Å². The van der Waals surface area contributed by atoms with Crippen molar-refractivity contribution in [2.24, 2.45) is 0 Å². The number of aromatic nitrogens is 2. The second-order valence-corrected chi connectivity index (χ2v) is 4.38. The third-order valence-corrected chi connectivity index (χ3v) is 3.20. The van der Waals surface area contributed by atoms with Crippen molar-refractivity contribution >= 4 is 11.3 Å². The average molecular weight is 219 g/mol. The minimum Gasteiger partial charge on any atom is -0.307 e. The van der Waals surface area contributed by atoms with Crippen LogP contribution in [-0.4, -0.2) is 17.0 Å². The van der Waals surface area contributed by atoms with E-state index in [0.29, 0.717) is 0 Å². The molecule has 2 aromatic heterocycles. The molecule has 2 heterocycles. The first-order chi connectivity index (χ1) is 7.33. The number of nitrogens with zero attached hydrogens (tertiary/aromatic N) is 2. The molecule has 78 valence electrons. The molecule has 1 N–H and O–H groups in total. The van der Waals surface area contributed by atoms with Crippen molar-refractivity contribution in [2.75, 3.05) is 7.05 Å². The quantitative estimate of drug-likeness (QED) is 0.859. The van der Waals surface area contributed by atoms with Crippen molar-refractivity contribution in [3.8, 4) is 0 Å². The summed E-state index contributed by atoms with van der Waals surface area (Å²) in [6.07, 6.45) is 3.54. The van der Waals surface area contributed by atoms with Crippen molar-refractivity contribution in [2.45, 2.75) is 13.0 Å². The van der Waals surface area contributed by atoms with Crippen LogP contribution in [0.1, 0.15) is 22.3 Å². The molecular weight excluding hydrogens is 206 g/mol. The zero-order valence-electron chi connectivity index (χ0n) is 8.77. The van der Waals surface area contributed by atoms with Gasteiger partial charge < -0.3 is 5.32 Å². The highest BCUT2D eigenvalue weighted by molar-refractivity contribution is 7.10. The van der Waals surface area contributed by atoms with Gasteiger partial charge in [0.15, 0.2) is 0 Å². The van der Waals surface area contributed by atoms with Crippen LogP contribution in [0.4, 0.5) is 0 Å². The standard InChI is InChI=1S/C11H13N3S/c1-8-9(4-7-15-8)10(12-2)11-13-5-3-6-14-11/h3-7,10,12H,1-2H3. The molecule has 2 rings (SSSR count). The largest absolute Gasteiger partial charge is 0.307 e. The monoisotopic (exact) mass is 219 g/mol. The van der Waals surface area contributed by atoms with Crippen LogP contribution in [0.5, 0.6) is 0 Å². The minimum atomic E-state index is 0.0949. The Bertz CT molecular complexity index is 424. The number of nitrogens with one attached hydrogen (secondary N) is 1. The topological polar surface area (TPSA) is 37.8 Å². The van der Waals surface area contributed by atoms with E-state index < -0.39 is 0 Å². The lowest BCUT2D eigenvalue weighted by atomic mass is 10.1. The van der Waals surface area contributed by atoms with Gasteiger partial charge in [-0.1, -0.05) is 0 Å². The molecule has 1 unspecified atom stereocenters. The van der Waals surface area contributed by atoms with E-state index in [2.05, 4.69) is 33.7 Å². The molecule has 0 aromatic carbocycles. The molecule has 0 saturated carbocycles. The molecule has 0 bridgehead atoms. The molecule has 15 heavy (non-hydrogen) atoms. The molecule has 0 amide bonds. The van der Waals surface area contributed by atoms with E-state index in [-0.39, 0.29) is 6.04 Å². The van der Waals surface area contributed by atoms with Crippen LogP contribution in [-0.2, 0) is 0 Å². The van der Waals surface area contributed by atoms with Gasteiger partial charge in [0.2, 0.25) is 0 Å². The highest BCUT2D eigenvalue weighted by Gasteiger charge is 2.16. The van der Waals surface area contributed by atoms with Gasteiger partial charge in [0.1, 0.15) is 5.82 Å². The summed E-state index contributed by atoms with van der Waals surface area (Å²) in [6.45, 7) is 2.12. The summed E-state index contributed by atoms with van der Waals surface area (Å²) >= 11 is 1.75. The van der Waals surface area contributed by atoms with Gasteiger partial charge >= 0.3 is 0 Å². The molecule has 0 saturated heterocycles. The number of hydrogen-bond donors (Lipinski definition) is 1. The lowest BCUT2D eigenvalue weighted by Gasteiger charge is -2.14. The van der Waals surface area contributed by atoms with Crippen molar-refractivity contribution in [3.63, 3.8) is 0 Å². The summed E-state index contributed by atoms with van der Waals surface area (Å²) in [5.41, 5.74) is 1.26. The lowest BCUT2D eigenvalue weighted by molar-refractivity contribution is 0.645. The van der Waals surface area contributed by atoms with Gasteiger partial charge in [-0.3, -0.25) is 0 Å². The first-order valence-electron chi connectivity index (χ1n) is 4.81. The van der Waals surface area contributed by atoms with Crippen LogP contribution in [0.15, 0.2) is 29.9 Å². The van der Waals surface area contributed by atoms with Crippen LogP contribution in [0, 0.1) is 6.92 Å². The van der Waals surface area contributed by atoms with Crippen molar-refractivity contribution < 1.29 is 0 Å². The lowest BCUT2D eigenvalue weighted by Crippen LogP contribution is -2.20. The maximum absolute atomic E-state index is 4.28.